The fourth-order valence-electron chi connectivity index (χ4n) is 1.89. The zero-order chi connectivity index (χ0) is 14.0. The first-order chi connectivity index (χ1) is 9.02. The third-order valence-corrected chi connectivity index (χ3v) is 2.86. The molecule has 0 saturated heterocycles. The molecule has 0 aliphatic rings. The summed E-state index contributed by atoms with van der Waals surface area (Å²) in [5.74, 6) is -0.374. The van der Waals surface area contributed by atoms with Crippen LogP contribution in [0.2, 0.25) is 0 Å². The third-order valence-electron chi connectivity index (χ3n) is 2.86. The second kappa shape index (κ2) is 4.94. The number of hydrogen-bond acceptors (Lipinski definition) is 4. The molecule has 2 aromatic rings. The molecule has 0 spiro atoms. The molecule has 0 saturated carbocycles. The summed E-state index contributed by atoms with van der Waals surface area (Å²) >= 11 is 0. The average Bonchev–Trinajstić information content (AvgIpc) is 2.38. The van der Waals surface area contributed by atoms with Crippen LogP contribution in [0.25, 0.3) is 0 Å². The molecule has 96 valence electrons. The molecule has 0 amide bonds. The van der Waals surface area contributed by atoms with Gasteiger partial charge in [0.15, 0.2) is 12.1 Å². The Kier molecular flexibility index (Phi) is 3.33. The molecule has 4 heteroatoms. The van der Waals surface area contributed by atoms with Crippen LogP contribution >= 0.6 is 0 Å². The van der Waals surface area contributed by atoms with E-state index in [1.54, 1.807) is 6.92 Å². The molecule has 0 aliphatic heterocycles. The maximum atomic E-state index is 12.4. The number of aryl methyl sites for hydroxylation is 1. The van der Waals surface area contributed by atoms with Gasteiger partial charge in [-0.1, -0.05) is 0 Å². The molecule has 2 N–H and O–H groups in total. The monoisotopic (exact) mass is 256 g/mol. The normalized spacial score (nSPS) is 10.2. The summed E-state index contributed by atoms with van der Waals surface area (Å²) in [7, 11) is 0. The molecule has 0 aliphatic carbocycles. The van der Waals surface area contributed by atoms with Crippen molar-refractivity contribution in [2.75, 3.05) is 0 Å². The number of carbonyl (C=O) groups excluding carboxylic acids is 2. The minimum atomic E-state index is -0.365. The lowest BCUT2D eigenvalue weighted by Gasteiger charge is -2.08. The minimum absolute atomic E-state index is 0.0700. The maximum Gasteiger partial charge on any atom is 0.194 e. The van der Waals surface area contributed by atoms with Gasteiger partial charge in [0.25, 0.3) is 0 Å². The van der Waals surface area contributed by atoms with Crippen molar-refractivity contribution >= 4 is 12.1 Å². The van der Waals surface area contributed by atoms with Gasteiger partial charge in [-0.25, -0.2) is 0 Å². The van der Waals surface area contributed by atoms with Gasteiger partial charge in [0.05, 0.1) is 0 Å². The summed E-state index contributed by atoms with van der Waals surface area (Å²) in [4.78, 5) is 23.3. The van der Waals surface area contributed by atoms with Crippen LogP contribution in [0.4, 0.5) is 0 Å². The van der Waals surface area contributed by atoms with E-state index in [2.05, 4.69) is 0 Å². The van der Waals surface area contributed by atoms with Crippen LogP contribution in [0.5, 0.6) is 11.5 Å². The van der Waals surface area contributed by atoms with Crippen LogP contribution in [-0.2, 0) is 0 Å². The van der Waals surface area contributed by atoms with Crippen LogP contribution in [0, 0.1) is 6.92 Å². The molecule has 2 aromatic carbocycles. The Morgan fingerprint density at radius 2 is 1.63 bits per heavy atom. The summed E-state index contributed by atoms with van der Waals surface area (Å²) < 4.78 is 0. The molecule has 0 unspecified atom stereocenters. The third kappa shape index (κ3) is 2.47. The van der Waals surface area contributed by atoms with Crippen LogP contribution < -0.4 is 0 Å². The largest absolute Gasteiger partial charge is 0.508 e. The Balaban J connectivity index is 2.55. The lowest BCUT2D eigenvalue weighted by Crippen LogP contribution is -2.06. The number of rotatable bonds is 3. The first kappa shape index (κ1) is 12.8. The van der Waals surface area contributed by atoms with Gasteiger partial charge in [-0.15, -0.1) is 0 Å². The minimum Gasteiger partial charge on any atom is -0.508 e. The Morgan fingerprint density at radius 1 is 1.00 bits per heavy atom. The summed E-state index contributed by atoms with van der Waals surface area (Å²) in [6.07, 6.45) is 0.572. The van der Waals surface area contributed by atoms with Crippen molar-refractivity contribution in [3.63, 3.8) is 0 Å². The molecule has 0 bridgehead atoms. The number of benzene rings is 2. The van der Waals surface area contributed by atoms with Gasteiger partial charge in [0, 0.05) is 16.7 Å². The van der Waals surface area contributed by atoms with Gasteiger partial charge in [-0.05, 0) is 48.9 Å². The summed E-state index contributed by atoms with van der Waals surface area (Å²) in [5.41, 5.74) is 1.34. The number of aldehydes is 1. The summed E-state index contributed by atoms with van der Waals surface area (Å²) in [5, 5.41) is 18.8. The summed E-state index contributed by atoms with van der Waals surface area (Å²) in [6, 6.07) is 8.37. The highest BCUT2D eigenvalue weighted by molar-refractivity contribution is 6.13. The van der Waals surface area contributed by atoms with Gasteiger partial charge in [-0.3, -0.25) is 9.59 Å². The first-order valence-electron chi connectivity index (χ1n) is 5.65. The fourth-order valence-corrected chi connectivity index (χ4v) is 1.89. The van der Waals surface area contributed by atoms with Gasteiger partial charge in [0.2, 0.25) is 0 Å². The zero-order valence-corrected chi connectivity index (χ0v) is 10.3. The molecule has 4 nitrogen and oxygen atoms in total. The van der Waals surface area contributed by atoms with E-state index >= 15 is 0 Å². The molecule has 19 heavy (non-hydrogen) atoms. The van der Waals surface area contributed by atoms with E-state index in [9.17, 15) is 19.8 Å². The average molecular weight is 256 g/mol. The predicted molar refractivity (Wildman–Crippen MR) is 69.8 cm³/mol. The van der Waals surface area contributed by atoms with Gasteiger partial charge in [-0.2, -0.15) is 0 Å². The van der Waals surface area contributed by atoms with Crippen molar-refractivity contribution in [1.29, 1.82) is 0 Å². The van der Waals surface area contributed by atoms with E-state index in [-0.39, 0.29) is 28.4 Å². The number of hydrogen-bond donors (Lipinski definition) is 2. The number of ketones is 1. The summed E-state index contributed by atoms with van der Waals surface area (Å²) in [6.45, 7) is 1.69. The van der Waals surface area contributed by atoms with E-state index in [1.165, 1.54) is 36.4 Å². The second-order valence-corrected chi connectivity index (χ2v) is 4.22. The highest BCUT2D eigenvalue weighted by atomic mass is 16.3. The number of phenolic OH excluding ortho intramolecular Hbond substituents is 2. The van der Waals surface area contributed by atoms with Crippen LogP contribution in [0.3, 0.4) is 0 Å². The first-order valence-corrected chi connectivity index (χ1v) is 5.65. The van der Waals surface area contributed by atoms with Crippen molar-refractivity contribution in [2.45, 2.75) is 6.92 Å². The molecular weight excluding hydrogens is 244 g/mol. The van der Waals surface area contributed by atoms with Gasteiger partial charge >= 0.3 is 0 Å². The van der Waals surface area contributed by atoms with E-state index in [4.69, 9.17) is 0 Å². The molecule has 0 fully saturated rings. The lowest BCUT2D eigenvalue weighted by atomic mass is 9.95. The van der Waals surface area contributed by atoms with Crippen molar-refractivity contribution in [2.24, 2.45) is 0 Å². The Morgan fingerprint density at radius 3 is 2.26 bits per heavy atom. The van der Waals surface area contributed by atoms with Crippen molar-refractivity contribution in [3.8, 4) is 11.5 Å². The van der Waals surface area contributed by atoms with E-state index in [0.29, 0.717) is 17.4 Å². The molecule has 0 radical (unpaired) electrons. The smallest absolute Gasteiger partial charge is 0.194 e. The van der Waals surface area contributed by atoms with Gasteiger partial charge in [0.1, 0.15) is 11.5 Å². The van der Waals surface area contributed by atoms with Crippen molar-refractivity contribution < 1.29 is 19.8 Å². The number of aromatic hydroxyl groups is 2. The number of carbonyl (C=O) groups is 2. The second-order valence-electron chi connectivity index (χ2n) is 4.22. The number of phenols is 2. The molecule has 0 heterocycles. The predicted octanol–water partition coefficient (Wildman–Crippen LogP) is 2.45. The molecule has 0 atom stereocenters. The van der Waals surface area contributed by atoms with Crippen LogP contribution in [0.1, 0.15) is 31.8 Å². The zero-order valence-electron chi connectivity index (χ0n) is 10.3. The molecular formula is C15H12O4. The fraction of sp³-hybridized carbons (Fsp3) is 0.0667. The topological polar surface area (TPSA) is 74.6 Å². The van der Waals surface area contributed by atoms with Gasteiger partial charge < -0.3 is 10.2 Å². The Labute approximate surface area is 109 Å². The quantitative estimate of drug-likeness (QED) is 0.653. The standard InChI is InChI=1S/C15H12O4/c1-9-6-11(17)4-5-13(9)15(19)14-7-12(18)3-2-10(14)8-16/h2-8,17-18H,1H3. The maximum absolute atomic E-state index is 12.4. The van der Waals surface area contributed by atoms with E-state index in [0.717, 1.165) is 0 Å². The molecule has 0 aromatic heterocycles. The highest BCUT2D eigenvalue weighted by Gasteiger charge is 2.16. The highest BCUT2D eigenvalue weighted by Crippen LogP contribution is 2.22. The Bertz CT molecular complexity index is 659. The SMILES string of the molecule is Cc1cc(O)ccc1C(=O)c1cc(O)ccc1C=O. The van der Waals surface area contributed by atoms with Crippen molar-refractivity contribution in [3.05, 3.63) is 58.7 Å². The van der Waals surface area contributed by atoms with Crippen LogP contribution in [0.15, 0.2) is 36.4 Å². The van der Waals surface area contributed by atoms with E-state index < -0.39 is 0 Å². The lowest BCUT2D eigenvalue weighted by molar-refractivity contribution is 0.102. The Hall–Kier alpha value is -2.62. The van der Waals surface area contributed by atoms with Crippen molar-refractivity contribution in [1.82, 2.24) is 0 Å². The molecule has 2 rings (SSSR count). The van der Waals surface area contributed by atoms with Crippen LogP contribution in [-0.4, -0.2) is 22.3 Å². The van der Waals surface area contributed by atoms with E-state index in [1.807, 2.05) is 0 Å².